The Morgan fingerprint density at radius 2 is 2.04 bits per heavy atom. The molecule has 0 aliphatic carbocycles. The molecular weight excluding hydrogens is 405 g/mol. The summed E-state index contributed by atoms with van der Waals surface area (Å²) in [6.45, 7) is 1.19. The second-order valence-corrected chi connectivity index (χ2v) is 7.70. The number of benzene rings is 2. The number of rotatable bonds is 4. The zero-order valence-corrected chi connectivity index (χ0v) is 16.6. The van der Waals surface area contributed by atoms with Gasteiger partial charge in [0.15, 0.2) is 11.5 Å². The monoisotopic (exact) mass is 421 g/mol. The molecule has 1 amide bonds. The lowest BCUT2D eigenvalue weighted by molar-refractivity contribution is 0.102. The highest BCUT2D eigenvalue weighted by molar-refractivity contribution is 7.21. The maximum atomic E-state index is 14.3. The van der Waals surface area contributed by atoms with Crippen molar-refractivity contribution in [2.24, 2.45) is 0 Å². The van der Waals surface area contributed by atoms with Crippen LogP contribution in [0.3, 0.4) is 0 Å². The first-order chi connectivity index (χ1) is 13.6. The lowest BCUT2D eigenvalue weighted by atomic mass is 10.1. The molecule has 5 nitrogen and oxygen atoms in total. The number of carbonyl (C=O) groups is 1. The number of hydrogen-bond donors (Lipinski definition) is 1. The molecule has 1 aliphatic rings. The van der Waals surface area contributed by atoms with E-state index in [1.165, 1.54) is 24.5 Å². The Labute approximate surface area is 170 Å². The first-order valence-electron chi connectivity index (χ1n) is 8.68. The summed E-state index contributed by atoms with van der Waals surface area (Å²) in [5.41, 5.74) is 0.917. The highest BCUT2D eigenvalue weighted by Crippen LogP contribution is 2.39. The number of carbonyl (C=O) groups excluding carboxylic acids is 1. The number of ether oxygens (including phenoxy) is 3. The highest BCUT2D eigenvalue weighted by atomic mass is 35.5. The van der Waals surface area contributed by atoms with Crippen molar-refractivity contribution in [3.05, 3.63) is 51.6 Å². The molecule has 4 rings (SSSR count). The average molecular weight is 422 g/mol. The lowest BCUT2D eigenvalue weighted by Gasteiger charge is -2.12. The Bertz CT molecular complexity index is 1050. The van der Waals surface area contributed by atoms with Gasteiger partial charge in [-0.2, -0.15) is 0 Å². The standard InChI is InChI=1S/C20H17ClFNO4S/c1-25-10-11-18-13(22)4-2-5-17(18)28-19(11)20(24)23-14-9-16-15(8-12(14)21)26-6-3-7-27-16/h2,4-5,8-9H,3,6-7,10H2,1H3,(H,23,24). The maximum absolute atomic E-state index is 14.3. The Kier molecular flexibility index (Phi) is 5.39. The highest BCUT2D eigenvalue weighted by Gasteiger charge is 2.22. The molecule has 1 aromatic heterocycles. The molecular formula is C20H17ClFNO4S. The van der Waals surface area contributed by atoms with Gasteiger partial charge in [0, 0.05) is 41.3 Å². The number of methoxy groups -OCH3 is 1. The Morgan fingerprint density at radius 1 is 1.29 bits per heavy atom. The smallest absolute Gasteiger partial charge is 0.266 e. The van der Waals surface area contributed by atoms with E-state index in [-0.39, 0.29) is 18.3 Å². The van der Waals surface area contributed by atoms with Crippen molar-refractivity contribution < 1.29 is 23.4 Å². The molecule has 1 aliphatic heterocycles. The number of nitrogens with one attached hydrogen (secondary N) is 1. The second-order valence-electron chi connectivity index (χ2n) is 6.24. The van der Waals surface area contributed by atoms with Crippen molar-refractivity contribution in [3.8, 4) is 11.5 Å². The first-order valence-corrected chi connectivity index (χ1v) is 9.87. The van der Waals surface area contributed by atoms with Gasteiger partial charge in [0.2, 0.25) is 0 Å². The van der Waals surface area contributed by atoms with Gasteiger partial charge in [-0.3, -0.25) is 4.79 Å². The van der Waals surface area contributed by atoms with Gasteiger partial charge in [-0.25, -0.2) is 4.39 Å². The summed E-state index contributed by atoms with van der Waals surface area (Å²) < 4.78 is 31.5. The third-order valence-corrected chi connectivity index (χ3v) is 5.85. The number of thiophene rings is 1. The molecule has 8 heteroatoms. The van der Waals surface area contributed by atoms with Crippen LogP contribution in [0.1, 0.15) is 21.7 Å². The predicted octanol–water partition coefficient (Wildman–Crippen LogP) is 5.25. The van der Waals surface area contributed by atoms with Crippen molar-refractivity contribution in [2.45, 2.75) is 13.0 Å². The molecule has 0 radical (unpaired) electrons. The third kappa shape index (κ3) is 3.53. The molecule has 28 heavy (non-hydrogen) atoms. The minimum atomic E-state index is -0.385. The van der Waals surface area contributed by atoms with Gasteiger partial charge in [-0.1, -0.05) is 17.7 Å². The summed E-state index contributed by atoms with van der Waals surface area (Å²) in [6.07, 6.45) is 0.766. The minimum absolute atomic E-state index is 0.124. The van der Waals surface area contributed by atoms with E-state index in [9.17, 15) is 9.18 Å². The van der Waals surface area contributed by atoms with Crippen LogP contribution in [0, 0.1) is 5.82 Å². The van der Waals surface area contributed by atoms with E-state index in [1.807, 2.05) is 0 Å². The molecule has 0 spiro atoms. The number of halogens is 2. The summed E-state index contributed by atoms with van der Waals surface area (Å²) in [5.74, 6) is 0.304. The summed E-state index contributed by atoms with van der Waals surface area (Å²) in [4.78, 5) is 13.3. The van der Waals surface area contributed by atoms with E-state index in [0.29, 0.717) is 55.9 Å². The van der Waals surface area contributed by atoms with Crippen LogP contribution in [0.25, 0.3) is 10.1 Å². The Balaban J connectivity index is 1.70. The molecule has 1 N–H and O–H groups in total. The fourth-order valence-corrected chi connectivity index (χ4v) is 4.41. The average Bonchev–Trinajstić information content (AvgIpc) is 2.89. The van der Waals surface area contributed by atoms with Crippen LogP contribution in [0.15, 0.2) is 30.3 Å². The van der Waals surface area contributed by atoms with Crippen molar-refractivity contribution in [2.75, 3.05) is 25.6 Å². The van der Waals surface area contributed by atoms with Gasteiger partial charge in [0.1, 0.15) is 5.82 Å². The summed E-state index contributed by atoms with van der Waals surface area (Å²) in [7, 11) is 1.51. The summed E-state index contributed by atoms with van der Waals surface area (Å²) in [5, 5.41) is 3.54. The van der Waals surface area contributed by atoms with Crippen LogP contribution < -0.4 is 14.8 Å². The quantitative estimate of drug-likeness (QED) is 0.624. The molecule has 2 aromatic carbocycles. The van der Waals surface area contributed by atoms with Gasteiger partial charge >= 0.3 is 0 Å². The number of anilines is 1. The fourth-order valence-electron chi connectivity index (χ4n) is 3.09. The van der Waals surface area contributed by atoms with Gasteiger partial charge in [-0.15, -0.1) is 11.3 Å². The predicted molar refractivity (Wildman–Crippen MR) is 108 cm³/mol. The normalized spacial score (nSPS) is 13.4. The van der Waals surface area contributed by atoms with Crippen molar-refractivity contribution >= 4 is 44.6 Å². The SMILES string of the molecule is COCc1c(C(=O)Nc2cc3c(cc2Cl)OCCCO3)sc2cccc(F)c12. The molecule has 3 aromatic rings. The van der Waals surface area contributed by atoms with Gasteiger partial charge in [0.05, 0.1) is 35.4 Å². The van der Waals surface area contributed by atoms with E-state index < -0.39 is 0 Å². The van der Waals surface area contributed by atoms with Gasteiger partial charge < -0.3 is 19.5 Å². The number of fused-ring (bicyclic) bond motifs is 2. The summed E-state index contributed by atoms with van der Waals surface area (Å²) in [6, 6.07) is 8.03. The molecule has 0 atom stereocenters. The minimum Gasteiger partial charge on any atom is -0.490 e. The van der Waals surface area contributed by atoms with Crippen molar-refractivity contribution in [1.82, 2.24) is 0 Å². The topological polar surface area (TPSA) is 56.8 Å². The van der Waals surface area contributed by atoms with E-state index in [1.54, 1.807) is 24.3 Å². The molecule has 0 saturated heterocycles. The molecule has 0 unspecified atom stereocenters. The second kappa shape index (κ2) is 7.95. The van der Waals surface area contributed by atoms with Crippen LogP contribution in [-0.2, 0) is 11.3 Å². The fraction of sp³-hybridized carbons (Fsp3) is 0.250. The van der Waals surface area contributed by atoms with Crippen LogP contribution >= 0.6 is 22.9 Å². The lowest BCUT2D eigenvalue weighted by Crippen LogP contribution is -2.13. The van der Waals surface area contributed by atoms with Crippen LogP contribution in [0.2, 0.25) is 5.02 Å². The van der Waals surface area contributed by atoms with E-state index in [4.69, 9.17) is 25.8 Å². The molecule has 0 fully saturated rings. The zero-order valence-electron chi connectivity index (χ0n) is 15.0. The van der Waals surface area contributed by atoms with Crippen LogP contribution in [0.4, 0.5) is 10.1 Å². The van der Waals surface area contributed by atoms with Gasteiger partial charge in [0.25, 0.3) is 5.91 Å². The van der Waals surface area contributed by atoms with E-state index >= 15 is 0 Å². The largest absolute Gasteiger partial charge is 0.490 e. The number of hydrogen-bond acceptors (Lipinski definition) is 5. The van der Waals surface area contributed by atoms with Crippen molar-refractivity contribution in [3.63, 3.8) is 0 Å². The van der Waals surface area contributed by atoms with Crippen LogP contribution in [-0.4, -0.2) is 26.2 Å². The maximum Gasteiger partial charge on any atom is 0.266 e. The number of amides is 1. The zero-order chi connectivity index (χ0) is 19.7. The van der Waals surface area contributed by atoms with Crippen molar-refractivity contribution in [1.29, 1.82) is 0 Å². The molecule has 0 bridgehead atoms. The van der Waals surface area contributed by atoms with E-state index in [2.05, 4.69) is 5.32 Å². The Morgan fingerprint density at radius 3 is 2.79 bits per heavy atom. The Hall–Kier alpha value is -2.35. The van der Waals surface area contributed by atoms with Crippen LogP contribution in [0.5, 0.6) is 11.5 Å². The van der Waals surface area contributed by atoms with E-state index in [0.717, 1.165) is 6.42 Å². The molecule has 146 valence electrons. The summed E-state index contributed by atoms with van der Waals surface area (Å²) >= 11 is 7.53. The third-order valence-electron chi connectivity index (χ3n) is 4.34. The first kappa shape index (κ1) is 19.0. The van der Waals surface area contributed by atoms with Gasteiger partial charge in [-0.05, 0) is 12.1 Å². The molecule has 0 saturated carbocycles. The molecule has 2 heterocycles.